The molecule has 1 aromatic rings. The summed E-state index contributed by atoms with van der Waals surface area (Å²) in [5, 5.41) is 0. The van der Waals surface area contributed by atoms with E-state index in [2.05, 4.69) is 6.08 Å². The zero-order chi connectivity index (χ0) is 10.1. The van der Waals surface area contributed by atoms with Gasteiger partial charge in [0.15, 0.2) is 0 Å². The molecule has 2 rings (SSSR count). The fourth-order valence-corrected chi connectivity index (χ4v) is 1.96. The Balaban J connectivity index is 2.51. The summed E-state index contributed by atoms with van der Waals surface area (Å²) in [4.78, 5) is 0. The van der Waals surface area contributed by atoms with E-state index in [1.807, 2.05) is 13.0 Å². The molecular formula is C12H14FN. The number of aryl methyl sites for hydroxylation is 1. The van der Waals surface area contributed by atoms with E-state index in [0.717, 1.165) is 24.0 Å². The number of allylic oxidation sites excluding steroid dienone is 1. The average molecular weight is 191 g/mol. The summed E-state index contributed by atoms with van der Waals surface area (Å²) >= 11 is 0. The Morgan fingerprint density at radius 2 is 2.21 bits per heavy atom. The summed E-state index contributed by atoms with van der Waals surface area (Å²) in [5.41, 5.74) is 9.12. The van der Waals surface area contributed by atoms with Crippen LogP contribution < -0.4 is 5.73 Å². The minimum absolute atomic E-state index is 0.0177. The highest BCUT2D eigenvalue weighted by molar-refractivity contribution is 5.73. The van der Waals surface area contributed by atoms with Crippen molar-refractivity contribution in [2.24, 2.45) is 5.73 Å². The molecule has 0 bridgehead atoms. The lowest BCUT2D eigenvalue weighted by molar-refractivity contribution is 0.625. The topological polar surface area (TPSA) is 26.0 Å². The molecule has 0 saturated heterocycles. The van der Waals surface area contributed by atoms with E-state index in [1.54, 1.807) is 6.07 Å². The van der Waals surface area contributed by atoms with Gasteiger partial charge in [0.1, 0.15) is 5.82 Å². The van der Waals surface area contributed by atoms with Gasteiger partial charge in [-0.2, -0.15) is 0 Å². The van der Waals surface area contributed by atoms with Gasteiger partial charge in [0.2, 0.25) is 0 Å². The largest absolute Gasteiger partial charge is 0.324 e. The molecule has 1 aliphatic carbocycles. The van der Waals surface area contributed by atoms with Gasteiger partial charge in [-0.15, -0.1) is 0 Å². The van der Waals surface area contributed by atoms with Crippen LogP contribution in [0, 0.1) is 5.82 Å². The molecule has 1 aliphatic rings. The Morgan fingerprint density at radius 3 is 2.93 bits per heavy atom. The van der Waals surface area contributed by atoms with Gasteiger partial charge in [-0.3, -0.25) is 0 Å². The highest BCUT2D eigenvalue weighted by Gasteiger charge is 2.15. The van der Waals surface area contributed by atoms with Crippen LogP contribution in [0.4, 0.5) is 4.39 Å². The SMILES string of the molecule is CC(N)C1=CCCc2ccc(F)cc21. The second-order valence-electron chi connectivity index (χ2n) is 3.79. The van der Waals surface area contributed by atoms with Crippen LogP contribution >= 0.6 is 0 Å². The van der Waals surface area contributed by atoms with Crippen LogP contribution in [0.15, 0.2) is 24.3 Å². The van der Waals surface area contributed by atoms with Gasteiger partial charge in [-0.25, -0.2) is 4.39 Å². The zero-order valence-electron chi connectivity index (χ0n) is 8.26. The number of hydrogen-bond donors (Lipinski definition) is 1. The number of fused-ring (bicyclic) bond motifs is 1. The van der Waals surface area contributed by atoms with Crippen molar-refractivity contribution in [1.82, 2.24) is 0 Å². The maximum atomic E-state index is 13.1. The van der Waals surface area contributed by atoms with E-state index >= 15 is 0 Å². The van der Waals surface area contributed by atoms with Crippen LogP contribution in [-0.4, -0.2) is 6.04 Å². The standard InChI is InChI=1S/C12H14FN/c1-8(14)11-4-2-3-9-5-6-10(13)7-12(9)11/h4-8H,2-3,14H2,1H3. The van der Waals surface area contributed by atoms with Crippen LogP contribution in [-0.2, 0) is 6.42 Å². The van der Waals surface area contributed by atoms with Gasteiger partial charge in [0.25, 0.3) is 0 Å². The molecule has 0 fully saturated rings. The van der Waals surface area contributed by atoms with Crippen molar-refractivity contribution in [3.63, 3.8) is 0 Å². The monoisotopic (exact) mass is 191 g/mol. The average Bonchev–Trinajstić information content (AvgIpc) is 2.16. The number of benzene rings is 1. The first-order valence-electron chi connectivity index (χ1n) is 4.93. The minimum atomic E-state index is -0.183. The predicted molar refractivity (Wildman–Crippen MR) is 56.3 cm³/mol. The predicted octanol–water partition coefficient (Wildman–Crippen LogP) is 2.50. The van der Waals surface area contributed by atoms with E-state index < -0.39 is 0 Å². The molecule has 0 heterocycles. The van der Waals surface area contributed by atoms with Crippen LogP contribution in [0.3, 0.4) is 0 Å². The summed E-state index contributed by atoms with van der Waals surface area (Å²) < 4.78 is 13.1. The van der Waals surface area contributed by atoms with Crippen molar-refractivity contribution in [2.75, 3.05) is 0 Å². The van der Waals surface area contributed by atoms with Crippen molar-refractivity contribution in [3.8, 4) is 0 Å². The van der Waals surface area contributed by atoms with Crippen molar-refractivity contribution in [3.05, 3.63) is 41.2 Å². The molecule has 1 nitrogen and oxygen atoms in total. The van der Waals surface area contributed by atoms with Crippen molar-refractivity contribution >= 4 is 5.57 Å². The maximum Gasteiger partial charge on any atom is 0.123 e. The van der Waals surface area contributed by atoms with Gasteiger partial charge >= 0.3 is 0 Å². The highest BCUT2D eigenvalue weighted by atomic mass is 19.1. The Morgan fingerprint density at radius 1 is 1.43 bits per heavy atom. The Kier molecular flexibility index (Phi) is 2.38. The van der Waals surface area contributed by atoms with E-state index in [-0.39, 0.29) is 11.9 Å². The quantitative estimate of drug-likeness (QED) is 0.725. The molecule has 14 heavy (non-hydrogen) atoms. The molecule has 0 radical (unpaired) electrons. The second kappa shape index (κ2) is 3.54. The van der Waals surface area contributed by atoms with Crippen molar-refractivity contribution in [2.45, 2.75) is 25.8 Å². The molecule has 74 valence electrons. The number of nitrogens with two attached hydrogens (primary N) is 1. The van der Waals surface area contributed by atoms with Gasteiger partial charge in [0.05, 0.1) is 0 Å². The van der Waals surface area contributed by atoms with Gasteiger partial charge in [-0.1, -0.05) is 12.1 Å². The van der Waals surface area contributed by atoms with E-state index in [1.165, 1.54) is 11.6 Å². The first kappa shape index (κ1) is 9.41. The molecule has 1 aromatic carbocycles. The lowest BCUT2D eigenvalue weighted by atomic mass is 9.88. The van der Waals surface area contributed by atoms with Crippen molar-refractivity contribution < 1.29 is 4.39 Å². The van der Waals surface area contributed by atoms with Gasteiger partial charge in [-0.05, 0) is 48.6 Å². The van der Waals surface area contributed by atoms with Gasteiger partial charge < -0.3 is 5.73 Å². The summed E-state index contributed by atoms with van der Waals surface area (Å²) in [6.07, 6.45) is 4.12. The molecule has 2 N–H and O–H groups in total. The summed E-state index contributed by atoms with van der Waals surface area (Å²) in [5.74, 6) is -0.183. The third kappa shape index (κ3) is 1.58. The van der Waals surface area contributed by atoms with Crippen LogP contribution in [0.25, 0.3) is 5.57 Å². The molecule has 0 spiro atoms. The minimum Gasteiger partial charge on any atom is -0.324 e. The van der Waals surface area contributed by atoms with Crippen LogP contribution in [0.2, 0.25) is 0 Å². The fourth-order valence-electron chi connectivity index (χ4n) is 1.96. The normalized spacial score (nSPS) is 17.2. The zero-order valence-corrected chi connectivity index (χ0v) is 8.26. The first-order chi connectivity index (χ1) is 6.68. The summed E-state index contributed by atoms with van der Waals surface area (Å²) in [6.45, 7) is 1.94. The molecule has 0 aliphatic heterocycles. The molecule has 2 heteroatoms. The maximum absolute atomic E-state index is 13.1. The Labute approximate surface area is 83.4 Å². The van der Waals surface area contributed by atoms with Crippen LogP contribution in [0.5, 0.6) is 0 Å². The van der Waals surface area contributed by atoms with E-state index in [0.29, 0.717) is 0 Å². The summed E-state index contributed by atoms with van der Waals surface area (Å²) in [6, 6.07) is 4.95. The lowest BCUT2D eigenvalue weighted by Gasteiger charge is -2.20. The molecule has 1 atom stereocenters. The van der Waals surface area contributed by atoms with E-state index in [9.17, 15) is 4.39 Å². The smallest absolute Gasteiger partial charge is 0.123 e. The molecule has 0 saturated carbocycles. The molecule has 1 unspecified atom stereocenters. The number of halogens is 1. The third-order valence-electron chi connectivity index (χ3n) is 2.65. The molecular weight excluding hydrogens is 177 g/mol. The number of hydrogen-bond acceptors (Lipinski definition) is 1. The molecule has 0 amide bonds. The Bertz CT molecular complexity index is 380. The molecule has 0 aromatic heterocycles. The fraction of sp³-hybridized carbons (Fsp3) is 0.333. The van der Waals surface area contributed by atoms with E-state index in [4.69, 9.17) is 5.73 Å². The summed E-state index contributed by atoms with van der Waals surface area (Å²) in [7, 11) is 0. The van der Waals surface area contributed by atoms with Crippen molar-refractivity contribution in [1.29, 1.82) is 0 Å². The van der Waals surface area contributed by atoms with Crippen LogP contribution in [0.1, 0.15) is 24.5 Å². The third-order valence-corrected chi connectivity index (χ3v) is 2.65. The first-order valence-corrected chi connectivity index (χ1v) is 4.93. The lowest BCUT2D eigenvalue weighted by Crippen LogP contribution is -2.19. The number of rotatable bonds is 1. The second-order valence-corrected chi connectivity index (χ2v) is 3.79. The Hall–Kier alpha value is -1.15. The van der Waals surface area contributed by atoms with Gasteiger partial charge in [0, 0.05) is 6.04 Å². The highest BCUT2D eigenvalue weighted by Crippen LogP contribution is 2.28.